The quantitative estimate of drug-likeness (QED) is 0.874. The van der Waals surface area contributed by atoms with Crippen molar-refractivity contribution < 1.29 is 9.90 Å². The van der Waals surface area contributed by atoms with Crippen LogP contribution in [0.2, 0.25) is 0 Å². The van der Waals surface area contributed by atoms with Crippen molar-refractivity contribution >= 4 is 11.8 Å². The topological polar surface area (TPSA) is 62.2 Å². The van der Waals surface area contributed by atoms with Gasteiger partial charge in [-0.2, -0.15) is 0 Å². The van der Waals surface area contributed by atoms with Crippen LogP contribution in [0.1, 0.15) is 68.9 Å². The summed E-state index contributed by atoms with van der Waals surface area (Å²) in [6, 6.07) is 3.72. The molecule has 1 aromatic heterocycles. The number of carboxylic acid groups (broad SMARTS) is 1. The molecule has 1 heterocycles. The van der Waals surface area contributed by atoms with E-state index >= 15 is 0 Å². The van der Waals surface area contributed by atoms with Crippen LogP contribution in [0.4, 0.5) is 5.82 Å². The Bertz CT molecular complexity index is 514. The summed E-state index contributed by atoms with van der Waals surface area (Å²) in [4.78, 5) is 15.8. The van der Waals surface area contributed by atoms with Gasteiger partial charge in [-0.3, -0.25) is 0 Å². The van der Waals surface area contributed by atoms with Gasteiger partial charge >= 0.3 is 5.97 Å². The van der Waals surface area contributed by atoms with Gasteiger partial charge in [0, 0.05) is 11.7 Å². The van der Waals surface area contributed by atoms with Gasteiger partial charge in [0.25, 0.3) is 0 Å². The highest BCUT2D eigenvalue weighted by atomic mass is 16.4. The fourth-order valence-corrected chi connectivity index (χ4v) is 2.93. The number of anilines is 1. The van der Waals surface area contributed by atoms with E-state index in [1.54, 1.807) is 12.1 Å². The number of nitrogens with zero attached hydrogens (tertiary/aromatic N) is 1. The average molecular weight is 290 g/mol. The molecule has 0 spiro atoms. The van der Waals surface area contributed by atoms with Crippen molar-refractivity contribution in [1.29, 1.82) is 0 Å². The van der Waals surface area contributed by atoms with E-state index in [-0.39, 0.29) is 5.92 Å². The first-order valence-corrected chi connectivity index (χ1v) is 7.88. The summed E-state index contributed by atoms with van der Waals surface area (Å²) in [6.07, 6.45) is 3.47. The van der Waals surface area contributed by atoms with Gasteiger partial charge < -0.3 is 10.4 Å². The zero-order valence-corrected chi connectivity index (χ0v) is 13.4. The molecule has 0 saturated heterocycles. The Balaban J connectivity index is 2.17. The smallest absolute Gasteiger partial charge is 0.335 e. The largest absolute Gasteiger partial charge is 0.478 e. The van der Waals surface area contributed by atoms with E-state index in [0.717, 1.165) is 24.5 Å². The van der Waals surface area contributed by atoms with E-state index in [0.29, 0.717) is 23.3 Å². The third-order valence-electron chi connectivity index (χ3n) is 4.63. The van der Waals surface area contributed by atoms with Gasteiger partial charge in [-0.1, -0.05) is 27.7 Å². The molecule has 3 unspecified atom stereocenters. The van der Waals surface area contributed by atoms with Crippen molar-refractivity contribution in [2.24, 2.45) is 11.8 Å². The minimum atomic E-state index is -0.895. The third kappa shape index (κ3) is 3.96. The summed E-state index contributed by atoms with van der Waals surface area (Å²) in [5.74, 6) is 1.49. The number of rotatable bonds is 4. The number of hydrogen-bond acceptors (Lipinski definition) is 3. The van der Waals surface area contributed by atoms with Gasteiger partial charge in [0.2, 0.25) is 0 Å². The molecule has 116 valence electrons. The maximum Gasteiger partial charge on any atom is 0.335 e. The molecule has 2 rings (SSSR count). The molecule has 0 aliphatic heterocycles. The van der Waals surface area contributed by atoms with Crippen LogP contribution in [0.15, 0.2) is 12.1 Å². The molecule has 0 bridgehead atoms. The average Bonchev–Trinajstić information content (AvgIpc) is 2.42. The Morgan fingerprint density at radius 2 is 2.00 bits per heavy atom. The van der Waals surface area contributed by atoms with Crippen molar-refractivity contribution in [2.75, 3.05) is 5.32 Å². The molecule has 2 N–H and O–H groups in total. The second-order valence-electron chi connectivity index (χ2n) is 6.73. The molecule has 0 amide bonds. The van der Waals surface area contributed by atoms with Gasteiger partial charge in [0.1, 0.15) is 5.82 Å². The van der Waals surface area contributed by atoms with Crippen molar-refractivity contribution in [2.45, 2.75) is 58.9 Å². The van der Waals surface area contributed by atoms with Crippen LogP contribution in [0.5, 0.6) is 0 Å². The lowest BCUT2D eigenvalue weighted by atomic mass is 9.79. The van der Waals surface area contributed by atoms with E-state index in [4.69, 9.17) is 0 Å². The Morgan fingerprint density at radius 1 is 1.29 bits per heavy atom. The molecule has 1 aliphatic rings. The molecule has 1 saturated carbocycles. The first kappa shape index (κ1) is 15.8. The Hall–Kier alpha value is -1.58. The van der Waals surface area contributed by atoms with E-state index in [2.05, 4.69) is 24.1 Å². The van der Waals surface area contributed by atoms with Gasteiger partial charge in [0.05, 0.1) is 5.56 Å². The monoisotopic (exact) mass is 290 g/mol. The standard InChI is InChI=1S/C17H26N2O2/c1-10(2)15-8-13(17(20)21)9-16(19-15)18-14-6-5-11(3)12(4)7-14/h8-12,14H,5-7H2,1-4H3,(H,18,19)(H,20,21). The van der Waals surface area contributed by atoms with Crippen molar-refractivity contribution in [3.05, 3.63) is 23.4 Å². The van der Waals surface area contributed by atoms with E-state index in [1.807, 2.05) is 13.8 Å². The summed E-state index contributed by atoms with van der Waals surface area (Å²) in [5.41, 5.74) is 1.14. The SMILES string of the molecule is CC(C)c1cc(C(=O)O)cc(NC2CCC(C)C(C)C2)n1. The Labute approximate surface area is 127 Å². The second kappa shape index (κ2) is 6.46. The number of aromatic nitrogens is 1. The van der Waals surface area contributed by atoms with Crippen LogP contribution in [0.25, 0.3) is 0 Å². The summed E-state index contributed by atoms with van der Waals surface area (Å²) in [5, 5.41) is 12.7. The highest BCUT2D eigenvalue weighted by Gasteiger charge is 2.25. The van der Waals surface area contributed by atoms with Crippen LogP contribution < -0.4 is 5.32 Å². The molecular formula is C17H26N2O2. The molecule has 4 heteroatoms. The molecule has 3 atom stereocenters. The van der Waals surface area contributed by atoms with Gasteiger partial charge in [-0.05, 0) is 49.1 Å². The number of carbonyl (C=O) groups is 1. The maximum absolute atomic E-state index is 11.3. The zero-order chi connectivity index (χ0) is 15.6. The van der Waals surface area contributed by atoms with Gasteiger partial charge in [-0.15, -0.1) is 0 Å². The lowest BCUT2D eigenvalue weighted by molar-refractivity contribution is 0.0696. The molecule has 1 fully saturated rings. The van der Waals surface area contributed by atoms with E-state index < -0.39 is 5.97 Å². The third-order valence-corrected chi connectivity index (χ3v) is 4.63. The summed E-state index contributed by atoms with van der Waals surface area (Å²) in [7, 11) is 0. The Morgan fingerprint density at radius 3 is 2.57 bits per heavy atom. The van der Waals surface area contributed by atoms with Crippen LogP contribution in [0, 0.1) is 11.8 Å². The lowest BCUT2D eigenvalue weighted by Gasteiger charge is -2.33. The second-order valence-corrected chi connectivity index (χ2v) is 6.73. The van der Waals surface area contributed by atoms with E-state index in [9.17, 15) is 9.90 Å². The van der Waals surface area contributed by atoms with Crippen LogP contribution in [-0.4, -0.2) is 22.1 Å². The fourth-order valence-electron chi connectivity index (χ4n) is 2.93. The minimum absolute atomic E-state index is 0.218. The first-order chi connectivity index (χ1) is 9.86. The first-order valence-electron chi connectivity index (χ1n) is 7.88. The number of carboxylic acids is 1. The molecule has 1 aromatic rings. The normalized spacial score (nSPS) is 25.9. The molecular weight excluding hydrogens is 264 g/mol. The van der Waals surface area contributed by atoms with Crippen molar-refractivity contribution in [3.63, 3.8) is 0 Å². The maximum atomic E-state index is 11.3. The number of nitrogens with one attached hydrogen (secondary N) is 1. The summed E-state index contributed by atoms with van der Waals surface area (Å²) < 4.78 is 0. The number of hydrogen-bond donors (Lipinski definition) is 2. The molecule has 4 nitrogen and oxygen atoms in total. The predicted octanol–water partition coefficient (Wildman–Crippen LogP) is 4.14. The van der Waals surface area contributed by atoms with Crippen LogP contribution in [-0.2, 0) is 0 Å². The van der Waals surface area contributed by atoms with Crippen LogP contribution in [0.3, 0.4) is 0 Å². The van der Waals surface area contributed by atoms with E-state index in [1.165, 1.54) is 6.42 Å². The molecule has 1 aliphatic carbocycles. The van der Waals surface area contributed by atoms with Crippen molar-refractivity contribution in [1.82, 2.24) is 4.98 Å². The lowest BCUT2D eigenvalue weighted by Crippen LogP contribution is -2.30. The van der Waals surface area contributed by atoms with Crippen molar-refractivity contribution in [3.8, 4) is 0 Å². The fraction of sp³-hybridized carbons (Fsp3) is 0.647. The van der Waals surface area contributed by atoms with Gasteiger partial charge in [0.15, 0.2) is 0 Å². The summed E-state index contributed by atoms with van der Waals surface area (Å²) >= 11 is 0. The van der Waals surface area contributed by atoms with Gasteiger partial charge in [-0.25, -0.2) is 9.78 Å². The molecule has 0 radical (unpaired) electrons. The molecule has 0 aromatic carbocycles. The van der Waals surface area contributed by atoms with Crippen LogP contribution >= 0.6 is 0 Å². The zero-order valence-electron chi connectivity index (χ0n) is 13.4. The highest BCUT2D eigenvalue weighted by Crippen LogP contribution is 2.31. The number of aromatic carboxylic acids is 1. The molecule has 21 heavy (non-hydrogen) atoms. The Kier molecular flexibility index (Phi) is 4.86. The minimum Gasteiger partial charge on any atom is -0.478 e. The predicted molar refractivity (Wildman–Crippen MR) is 84.9 cm³/mol. The summed E-state index contributed by atoms with van der Waals surface area (Å²) in [6.45, 7) is 8.66. The number of pyridine rings is 1. The highest BCUT2D eigenvalue weighted by molar-refractivity contribution is 5.88.